The largest absolute Gasteiger partial charge is 0.373 e. The SMILES string of the molecule is CCc1nc(NC)cc(NC(C)(CC)CC)n1. The Bertz CT molecular complexity index is 336. The molecule has 0 aromatic carbocycles. The zero-order valence-electron chi connectivity index (χ0n) is 11.6. The van der Waals surface area contributed by atoms with Gasteiger partial charge in [-0.15, -0.1) is 0 Å². The van der Waals surface area contributed by atoms with Crippen molar-refractivity contribution in [1.82, 2.24) is 9.97 Å². The van der Waals surface area contributed by atoms with E-state index in [1.165, 1.54) is 0 Å². The molecule has 2 N–H and O–H groups in total. The van der Waals surface area contributed by atoms with Gasteiger partial charge in [-0.3, -0.25) is 0 Å². The van der Waals surface area contributed by atoms with Gasteiger partial charge in [0.1, 0.15) is 17.5 Å². The molecule has 1 aromatic heterocycles. The van der Waals surface area contributed by atoms with Crippen LogP contribution in [0.1, 0.15) is 46.4 Å². The fourth-order valence-electron chi connectivity index (χ4n) is 1.58. The van der Waals surface area contributed by atoms with Crippen molar-refractivity contribution in [3.63, 3.8) is 0 Å². The topological polar surface area (TPSA) is 49.8 Å². The monoisotopic (exact) mass is 236 g/mol. The number of hydrogen-bond donors (Lipinski definition) is 2. The molecule has 0 saturated carbocycles. The standard InChI is InChI=1S/C13H24N4/c1-6-10-15-11(14-5)9-12(16-10)17-13(4,7-2)8-3/h9H,6-8H2,1-5H3,(H2,14,15,16,17). The molecule has 96 valence electrons. The highest BCUT2D eigenvalue weighted by Gasteiger charge is 2.20. The minimum Gasteiger partial charge on any atom is -0.373 e. The van der Waals surface area contributed by atoms with Crippen molar-refractivity contribution >= 4 is 11.6 Å². The molecule has 0 radical (unpaired) electrons. The van der Waals surface area contributed by atoms with Gasteiger partial charge >= 0.3 is 0 Å². The molecule has 0 amide bonds. The van der Waals surface area contributed by atoms with Crippen LogP contribution in [0.3, 0.4) is 0 Å². The van der Waals surface area contributed by atoms with Gasteiger partial charge in [0, 0.05) is 25.1 Å². The quantitative estimate of drug-likeness (QED) is 0.797. The maximum absolute atomic E-state index is 4.52. The summed E-state index contributed by atoms with van der Waals surface area (Å²) in [6, 6.07) is 1.96. The summed E-state index contributed by atoms with van der Waals surface area (Å²) in [5, 5.41) is 6.59. The highest BCUT2D eigenvalue weighted by Crippen LogP contribution is 2.21. The number of hydrogen-bond acceptors (Lipinski definition) is 4. The molecule has 1 rings (SSSR count). The van der Waals surface area contributed by atoms with Crippen LogP contribution in [-0.4, -0.2) is 22.6 Å². The number of nitrogens with zero attached hydrogens (tertiary/aromatic N) is 2. The second kappa shape index (κ2) is 5.84. The second-order valence-corrected chi connectivity index (χ2v) is 4.55. The van der Waals surface area contributed by atoms with E-state index in [9.17, 15) is 0 Å². The Hall–Kier alpha value is -1.32. The van der Waals surface area contributed by atoms with E-state index in [-0.39, 0.29) is 5.54 Å². The van der Waals surface area contributed by atoms with Crippen molar-refractivity contribution in [1.29, 1.82) is 0 Å². The molecule has 1 heterocycles. The molecule has 0 bridgehead atoms. The summed E-state index contributed by atoms with van der Waals surface area (Å²) < 4.78 is 0. The van der Waals surface area contributed by atoms with Crippen LogP contribution in [0.5, 0.6) is 0 Å². The van der Waals surface area contributed by atoms with Crippen molar-refractivity contribution in [2.45, 2.75) is 52.5 Å². The molecule has 0 atom stereocenters. The molecule has 0 saturated heterocycles. The lowest BCUT2D eigenvalue weighted by molar-refractivity contribution is 0.476. The minimum atomic E-state index is 0.102. The van der Waals surface area contributed by atoms with Crippen molar-refractivity contribution in [2.75, 3.05) is 17.7 Å². The summed E-state index contributed by atoms with van der Waals surface area (Å²) in [6.07, 6.45) is 2.99. The Morgan fingerprint density at radius 3 is 2.18 bits per heavy atom. The third kappa shape index (κ3) is 3.58. The molecule has 17 heavy (non-hydrogen) atoms. The lowest BCUT2D eigenvalue weighted by atomic mass is 9.96. The number of aryl methyl sites for hydroxylation is 1. The molecule has 0 aliphatic rings. The van der Waals surface area contributed by atoms with Crippen molar-refractivity contribution < 1.29 is 0 Å². The molecule has 1 aromatic rings. The van der Waals surface area contributed by atoms with E-state index >= 15 is 0 Å². The van der Waals surface area contributed by atoms with E-state index in [1.807, 2.05) is 13.1 Å². The van der Waals surface area contributed by atoms with Crippen LogP contribution < -0.4 is 10.6 Å². The van der Waals surface area contributed by atoms with Crippen LogP contribution >= 0.6 is 0 Å². The van der Waals surface area contributed by atoms with E-state index in [0.29, 0.717) is 0 Å². The highest BCUT2D eigenvalue weighted by molar-refractivity contribution is 5.48. The smallest absolute Gasteiger partial charge is 0.132 e. The van der Waals surface area contributed by atoms with Crippen LogP contribution in [0.15, 0.2) is 6.07 Å². The van der Waals surface area contributed by atoms with E-state index < -0.39 is 0 Å². The van der Waals surface area contributed by atoms with Gasteiger partial charge in [0.05, 0.1) is 0 Å². The van der Waals surface area contributed by atoms with Crippen LogP contribution in [-0.2, 0) is 6.42 Å². The average molecular weight is 236 g/mol. The number of aromatic nitrogens is 2. The Morgan fingerprint density at radius 2 is 1.71 bits per heavy atom. The first-order chi connectivity index (χ1) is 8.06. The fraction of sp³-hybridized carbons (Fsp3) is 0.692. The van der Waals surface area contributed by atoms with Gasteiger partial charge < -0.3 is 10.6 Å². The van der Waals surface area contributed by atoms with Crippen molar-refractivity contribution in [3.8, 4) is 0 Å². The number of rotatable bonds is 6. The highest BCUT2D eigenvalue weighted by atomic mass is 15.1. The summed E-state index contributed by atoms with van der Waals surface area (Å²) in [5.74, 6) is 2.65. The summed E-state index contributed by atoms with van der Waals surface area (Å²) in [7, 11) is 1.88. The van der Waals surface area contributed by atoms with Crippen LogP contribution in [0.2, 0.25) is 0 Å². The third-order valence-corrected chi connectivity index (χ3v) is 3.34. The van der Waals surface area contributed by atoms with Gasteiger partial charge in [-0.25, -0.2) is 9.97 Å². The minimum absolute atomic E-state index is 0.102. The molecular weight excluding hydrogens is 212 g/mol. The van der Waals surface area contributed by atoms with Gasteiger partial charge in [-0.2, -0.15) is 0 Å². The van der Waals surface area contributed by atoms with Crippen molar-refractivity contribution in [3.05, 3.63) is 11.9 Å². The Kier molecular flexibility index (Phi) is 4.73. The van der Waals surface area contributed by atoms with Gasteiger partial charge in [-0.1, -0.05) is 20.8 Å². The van der Waals surface area contributed by atoms with Gasteiger partial charge in [0.25, 0.3) is 0 Å². The summed E-state index contributed by atoms with van der Waals surface area (Å²) >= 11 is 0. The molecule has 0 spiro atoms. The fourth-order valence-corrected chi connectivity index (χ4v) is 1.58. The molecule has 4 nitrogen and oxygen atoms in total. The zero-order chi connectivity index (χ0) is 12.9. The van der Waals surface area contributed by atoms with Crippen molar-refractivity contribution in [2.24, 2.45) is 0 Å². The molecule has 0 fully saturated rings. The van der Waals surface area contributed by atoms with E-state index in [0.717, 1.165) is 36.7 Å². The molecular formula is C13H24N4. The molecule has 0 aliphatic heterocycles. The predicted octanol–water partition coefficient (Wildman–Crippen LogP) is 3.07. The van der Waals surface area contributed by atoms with Gasteiger partial charge in [0.2, 0.25) is 0 Å². The normalized spacial score (nSPS) is 11.4. The zero-order valence-corrected chi connectivity index (χ0v) is 11.6. The first-order valence-electron chi connectivity index (χ1n) is 6.40. The van der Waals surface area contributed by atoms with E-state index in [2.05, 4.69) is 48.3 Å². The lowest BCUT2D eigenvalue weighted by Gasteiger charge is -2.29. The first-order valence-corrected chi connectivity index (χ1v) is 6.40. The maximum Gasteiger partial charge on any atom is 0.132 e. The van der Waals surface area contributed by atoms with Crippen LogP contribution in [0.25, 0.3) is 0 Å². The summed E-state index contributed by atoms with van der Waals surface area (Å²) in [5.41, 5.74) is 0.102. The van der Waals surface area contributed by atoms with Crippen LogP contribution in [0.4, 0.5) is 11.6 Å². The van der Waals surface area contributed by atoms with Gasteiger partial charge in [0.15, 0.2) is 0 Å². The number of nitrogens with one attached hydrogen (secondary N) is 2. The Labute approximate surface area is 104 Å². The molecule has 0 aliphatic carbocycles. The molecule has 0 unspecified atom stereocenters. The average Bonchev–Trinajstić information content (AvgIpc) is 2.37. The Balaban J connectivity index is 2.97. The Morgan fingerprint density at radius 1 is 1.12 bits per heavy atom. The van der Waals surface area contributed by atoms with E-state index in [4.69, 9.17) is 0 Å². The number of anilines is 2. The summed E-state index contributed by atoms with van der Waals surface area (Å²) in [4.78, 5) is 8.91. The van der Waals surface area contributed by atoms with Gasteiger partial charge in [-0.05, 0) is 19.8 Å². The summed E-state index contributed by atoms with van der Waals surface area (Å²) in [6.45, 7) is 8.67. The maximum atomic E-state index is 4.52. The lowest BCUT2D eigenvalue weighted by Crippen LogP contribution is -2.33. The van der Waals surface area contributed by atoms with Crippen LogP contribution in [0, 0.1) is 0 Å². The predicted molar refractivity (Wildman–Crippen MR) is 73.6 cm³/mol. The first kappa shape index (κ1) is 13.7. The van der Waals surface area contributed by atoms with E-state index in [1.54, 1.807) is 0 Å². The molecule has 4 heteroatoms. The third-order valence-electron chi connectivity index (χ3n) is 3.34. The second-order valence-electron chi connectivity index (χ2n) is 4.55.